The van der Waals surface area contributed by atoms with Crippen LogP contribution in [0.1, 0.15) is 51.4 Å². The molecule has 118 valence electrons. The van der Waals surface area contributed by atoms with Crippen LogP contribution in [-0.4, -0.2) is 28.5 Å². The van der Waals surface area contributed by atoms with Gasteiger partial charge in [-0.15, -0.1) is 0 Å². The van der Waals surface area contributed by atoms with E-state index in [-0.39, 0.29) is 0 Å². The van der Waals surface area contributed by atoms with Gasteiger partial charge in [0.2, 0.25) is 0 Å². The predicted molar refractivity (Wildman–Crippen MR) is 89.0 cm³/mol. The number of rotatable bonds is 5. The number of hydrogen-bond donors (Lipinski definition) is 1. The van der Waals surface area contributed by atoms with Gasteiger partial charge in [0.25, 0.3) is 0 Å². The van der Waals surface area contributed by atoms with Crippen molar-refractivity contribution in [3.63, 3.8) is 0 Å². The maximum atomic E-state index is 6.44. The lowest BCUT2D eigenvalue weighted by Gasteiger charge is -2.42. The summed E-state index contributed by atoms with van der Waals surface area (Å²) in [6.45, 7) is 10.9. The van der Waals surface area contributed by atoms with Crippen molar-refractivity contribution in [1.82, 2.24) is 9.88 Å². The van der Waals surface area contributed by atoms with Crippen LogP contribution in [0.4, 0.5) is 0 Å². The van der Waals surface area contributed by atoms with Crippen LogP contribution >= 0.6 is 0 Å². The highest BCUT2D eigenvalue weighted by Gasteiger charge is 2.33. The molecule has 3 nitrogen and oxygen atoms in total. The van der Waals surface area contributed by atoms with Gasteiger partial charge in [-0.3, -0.25) is 9.88 Å². The maximum absolute atomic E-state index is 6.44. The molecule has 1 saturated carbocycles. The Hall–Kier alpha value is -0.930. The lowest BCUT2D eigenvalue weighted by atomic mass is 9.76. The number of nitrogens with zero attached hydrogens (tertiary/aromatic N) is 2. The molecule has 1 aromatic heterocycles. The van der Waals surface area contributed by atoms with Crippen LogP contribution < -0.4 is 5.73 Å². The minimum Gasteiger partial charge on any atom is -0.326 e. The summed E-state index contributed by atoms with van der Waals surface area (Å²) in [5.74, 6) is 1.57. The molecule has 1 aromatic rings. The molecule has 0 aromatic carbocycles. The number of likely N-dealkylation sites (N-methyl/N-ethyl adjacent to an activating group) is 1. The minimum absolute atomic E-state index is 0.310. The Kier molecular flexibility index (Phi) is 5.77. The van der Waals surface area contributed by atoms with E-state index in [4.69, 9.17) is 5.73 Å². The Morgan fingerprint density at radius 3 is 2.71 bits per heavy atom. The summed E-state index contributed by atoms with van der Waals surface area (Å²) in [6.07, 6.45) is 3.68. The zero-order valence-corrected chi connectivity index (χ0v) is 14.0. The van der Waals surface area contributed by atoms with E-state index in [1.54, 1.807) is 0 Å². The fourth-order valence-corrected chi connectivity index (χ4v) is 3.59. The average molecular weight is 289 g/mol. The minimum atomic E-state index is 0.310. The highest BCUT2D eigenvalue weighted by Crippen LogP contribution is 2.32. The van der Waals surface area contributed by atoms with E-state index in [2.05, 4.69) is 55.8 Å². The van der Waals surface area contributed by atoms with Gasteiger partial charge in [0.1, 0.15) is 0 Å². The Morgan fingerprint density at radius 2 is 2.10 bits per heavy atom. The van der Waals surface area contributed by atoms with Crippen LogP contribution in [0.2, 0.25) is 0 Å². The predicted octanol–water partition coefficient (Wildman–Crippen LogP) is 3.36. The molecule has 0 spiro atoms. The third-order valence-electron chi connectivity index (χ3n) is 5.04. The van der Waals surface area contributed by atoms with Crippen LogP contribution in [-0.2, 0) is 6.54 Å². The normalized spacial score (nSPS) is 26.5. The van der Waals surface area contributed by atoms with Crippen LogP contribution in [0.5, 0.6) is 0 Å². The first-order chi connectivity index (χ1) is 10.0. The first-order valence-corrected chi connectivity index (χ1v) is 8.43. The lowest BCUT2D eigenvalue weighted by molar-refractivity contribution is 0.0940. The summed E-state index contributed by atoms with van der Waals surface area (Å²) in [4.78, 5) is 7.18. The molecule has 0 aliphatic heterocycles. The topological polar surface area (TPSA) is 42.2 Å². The van der Waals surface area contributed by atoms with Gasteiger partial charge >= 0.3 is 0 Å². The highest BCUT2D eigenvalue weighted by atomic mass is 15.2. The Balaban J connectivity index is 2.08. The van der Waals surface area contributed by atoms with Gasteiger partial charge in [-0.1, -0.05) is 26.8 Å². The third-order valence-corrected chi connectivity index (χ3v) is 5.04. The molecule has 0 radical (unpaired) electrons. The molecule has 3 unspecified atom stereocenters. The van der Waals surface area contributed by atoms with Gasteiger partial charge in [0.15, 0.2) is 0 Å². The number of aryl methyl sites for hydroxylation is 1. The van der Waals surface area contributed by atoms with Crippen LogP contribution in [0.25, 0.3) is 0 Å². The summed E-state index contributed by atoms with van der Waals surface area (Å²) in [6, 6.07) is 7.09. The van der Waals surface area contributed by atoms with E-state index in [1.165, 1.54) is 12.8 Å². The van der Waals surface area contributed by atoms with Gasteiger partial charge in [-0.05, 0) is 56.7 Å². The lowest BCUT2D eigenvalue weighted by Crippen LogP contribution is -2.51. The molecule has 1 heterocycles. The summed E-state index contributed by atoms with van der Waals surface area (Å²) >= 11 is 0. The van der Waals surface area contributed by atoms with Crippen molar-refractivity contribution in [2.45, 2.75) is 65.6 Å². The van der Waals surface area contributed by atoms with Crippen molar-refractivity contribution < 1.29 is 0 Å². The first kappa shape index (κ1) is 16.4. The molecule has 1 aliphatic carbocycles. The molecule has 2 rings (SSSR count). The van der Waals surface area contributed by atoms with Crippen molar-refractivity contribution in [2.24, 2.45) is 17.6 Å². The molecule has 1 aliphatic rings. The monoisotopic (exact) mass is 289 g/mol. The first-order valence-electron chi connectivity index (χ1n) is 8.43. The number of aromatic nitrogens is 1. The van der Waals surface area contributed by atoms with E-state index in [0.29, 0.717) is 12.1 Å². The Bertz CT molecular complexity index is 444. The Labute approximate surface area is 129 Å². The highest BCUT2D eigenvalue weighted by molar-refractivity contribution is 5.10. The van der Waals surface area contributed by atoms with Crippen LogP contribution in [0.15, 0.2) is 18.2 Å². The number of hydrogen-bond acceptors (Lipinski definition) is 3. The molecule has 3 atom stereocenters. The smallest absolute Gasteiger partial charge is 0.0547 e. The van der Waals surface area contributed by atoms with Crippen molar-refractivity contribution in [3.8, 4) is 0 Å². The quantitative estimate of drug-likeness (QED) is 0.903. The van der Waals surface area contributed by atoms with E-state index in [1.807, 2.05) is 0 Å². The van der Waals surface area contributed by atoms with E-state index in [0.717, 1.165) is 42.7 Å². The zero-order chi connectivity index (χ0) is 15.4. The van der Waals surface area contributed by atoms with Crippen molar-refractivity contribution >= 4 is 0 Å². The Morgan fingerprint density at radius 1 is 1.33 bits per heavy atom. The number of pyridine rings is 1. The van der Waals surface area contributed by atoms with Gasteiger partial charge in [0.05, 0.1) is 5.69 Å². The second-order valence-electron chi connectivity index (χ2n) is 6.88. The van der Waals surface area contributed by atoms with E-state index in [9.17, 15) is 0 Å². The van der Waals surface area contributed by atoms with Crippen molar-refractivity contribution in [1.29, 1.82) is 0 Å². The SMILES string of the molecule is CCN(Cc1cccc(C)n1)C1CC(C(C)C)CCC1N. The molecule has 3 heteroatoms. The summed E-state index contributed by atoms with van der Waals surface area (Å²) in [5, 5.41) is 0. The fourth-order valence-electron chi connectivity index (χ4n) is 3.59. The standard InChI is InChI=1S/C18H31N3/c1-5-21(12-16-8-6-7-14(4)20-16)18-11-15(13(2)3)9-10-17(18)19/h6-8,13,15,17-18H,5,9-12,19H2,1-4H3. The molecular formula is C18H31N3. The molecule has 21 heavy (non-hydrogen) atoms. The second kappa shape index (κ2) is 7.37. The third kappa shape index (κ3) is 4.27. The van der Waals surface area contributed by atoms with E-state index >= 15 is 0 Å². The molecule has 2 N–H and O–H groups in total. The molecule has 1 fully saturated rings. The van der Waals surface area contributed by atoms with Gasteiger partial charge in [-0.25, -0.2) is 0 Å². The van der Waals surface area contributed by atoms with Crippen molar-refractivity contribution in [2.75, 3.05) is 6.54 Å². The molecule has 0 amide bonds. The fraction of sp³-hybridized carbons (Fsp3) is 0.722. The zero-order valence-electron chi connectivity index (χ0n) is 14.0. The summed E-state index contributed by atoms with van der Waals surface area (Å²) < 4.78 is 0. The average Bonchev–Trinajstić information content (AvgIpc) is 2.45. The second-order valence-corrected chi connectivity index (χ2v) is 6.88. The largest absolute Gasteiger partial charge is 0.326 e. The molecule has 0 saturated heterocycles. The summed E-state index contributed by atoms with van der Waals surface area (Å²) in [7, 11) is 0. The molecule has 0 bridgehead atoms. The summed E-state index contributed by atoms with van der Waals surface area (Å²) in [5.41, 5.74) is 8.70. The van der Waals surface area contributed by atoms with Crippen molar-refractivity contribution in [3.05, 3.63) is 29.6 Å². The van der Waals surface area contributed by atoms with Crippen LogP contribution in [0, 0.1) is 18.8 Å². The number of nitrogens with two attached hydrogens (primary N) is 1. The van der Waals surface area contributed by atoms with Gasteiger partial charge in [0, 0.05) is 24.3 Å². The van der Waals surface area contributed by atoms with Gasteiger partial charge < -0.3 is 5.73 Å². The maximum Gasteiger partial charge on any atom is 0.0547 e. The van der Waals surface area contributed by atoms with E-state index < -0.39 is 0 Å². The van der Waals surface area contributed by atoms with Crippen LogP contribution in [0.3, 0.4) is 0 Å². The van der Waals surface area contributed by atoms with Gasteiger partial charge in [-0.2, -0.15) is 0 Å². The molecular weight excluding hydrogens is 258 g/mol.